The molecule has 15 aliphatic rings. The van der Waals surface area contributed by atoms with E-state index in [4.69, 9.17) is 73.7 Å². The van der Waals surface area contributed by atoms with Gasteiger partial charge in [-0.15, -0.1) is 12.4 Å². The summed E-state index contributed by atoms with van der Waals surface area (Å²) < 4.78 is 72.4. The normalized spacial score (nSPS) is 30.6. The Hall–Kier alpha value is -6.03. The van der Waals surface area contributed by atoms with Crippen LogP contribution in [0, 0.1) is 72.5 Å². The molecule has 0 aromatic heterocycles. The average Bonchev–Trinajstić information content (AvgIpc) is 1.45. The maximum Gasteiger partial charge on any atom is 0.482 e. The number of amides is 5. The number of nitrogens with two attached hydrogens (primary N) is 1. The predicted octanol–water partition coefficient (Wildman–Crippen LogP) is 19.9. The number of hydrogen-bond acceptors (Lipinski definition) is 19. The highest BCUT2D eigenvalue weighted by Gasteiger charge is 2.71. The Bertz CT molecular complexity index is 3960. The van der Waals surface area contributed by atoms with Crippen LogP contribution >= 0.6 is 24.0 Å². The van der Waals surface area contributed by atoms with Crippen molar-refractivity contribution in [3.05, 3.63) is 106 Å². The maximum absolute atomic E-state index is 13.3. The smallest absolute Gasteiger partial charge is 0.451 e. The Morgan fingerprint density at radius 3 is 0.992 bits per heavy atom. The Kier molecular flexibility index (Phi) is 33.6. The minimum Gasteiger partial charge on any atom is -0.451 e. The SMILES string of the molecule is C.CC(C)(C)OC(=O)N1CCCCCC1COC(=O)Cl.Cc1ccc(C[C@H](N)B2O[C@@H]3C[C@@H]4C[C@@H](C4(C)C)[C@]3(C)O2)cc1.Cc1ccc(C[C@H](NC(=O)OC[C@@H]2CCCCCN2C(=O)OC(C)(C)C)B2O[C@@H]3C[C@@H]4C[C@@H](C4(C)C)[C@]3(C)O2)cc1.Cc1ccc(C[C@H](NC(=O)OC[C@H]2CCCCCN2C(=O)OC(C)(C)C)B2O[C@@H]3C[C@@H]4C[C@@H](C4(C)C)[C@]3(C)O2)cc1.Cl. The van der Waals surface area contributed by atoms with Crippen molar-refractivity contribution in [2.45, 2.75) is 376 Å². The number of alkyl carbamates (subject to hydrolysis) is 2. The molecule has 0 spiro atoms. The monoisotopic (exact) mass is 1790 g/mol. The van der Waals surface area contributed by atoms with Gasteiger partial charge in [0, 0.05) is 37.2 Å². The second kappa shape index (κ2) is 41.4. The van der Waals surface area contributed by atoms with Crippen LogP contribution in [0.2, 0.25) is 0 Å². The number of rotatable bonds is 17. The second-order valence-electron chi connectivity index (χ2n) is 43.5. The van der Waals surface area contributed by atoms with Gasteiger partial charge in [-0.3, -0.25) is 0 Å². The van der Waals surface area contributed by atoms with Gasteiger partial charge in [-0.1, -0.05) is 177 Å². The van der Waals surface area contributed by atoms with E-state index in [0.717, 1.165) is 120 Å². The third kappa shape index (κ3) is 24.4. The fourth-order valence-corrected chi connectivity index (χ4v) is 22.4. The number of benzene rings is 3. The molecule has 6 aliphatic heterocycles. The highest BCUT2D eigenvalue weighted by Crippen LogP contribution is 2.68. The molecule has 0 radical (unpaired) electrons. The van der Waals surface area contributed by atoms with Crippen LogP contribution < -0.4 is 16.4 Å². The zero-order valence-corrected chi connectivity index (χ0v) is 80.5. The van der Waals surface area contributed by atoms with Gasteiger partial charge in [0.1, 0.15) is 36.6 Å². The van der Waals surface area contributed by atoms with Crippen LogP contribution in [-0.2, 0) is 75.6 Å². The van der Waals surface area contributed by atoms with Gasteiger partial charge in [-0.25, -0.2) is 28.8 Å². The molecule has 702 valence electrons. The van der Waals surface area contributed by atoms with E-state index in [0.29, 0.717) is 67.5 Å². The van der Waals surface area contributed by atoms with Gasteiger partial charge in [0.15, 0.2) is 0 Å². The van der Waals surface area contributed by atoms with Crippen molar-refractivity contribution in [1.29, 1.82) is 0 Å². The van der Waals surface area contributed by atoms with E-state index in [1.807, 2.05) is 62.3 Å². The summed E-state index contributed by atoms with van der Waals surface area (Å²) in [6.07, 6.45) is 18.0. The number of likely N-dealkylation sites (tertiary alicyclic amines) is 3. The number of aryl methyl sites for hydroxylation is 3. The zero-order valence-electron chi connectivity index (χ0n) is 79.0. The maximum atomic E-state index is 13.3. The molecule has 24 nitrogen and oxygen atoms in total. The Morgan fingerprint density at radius 1 is 0.429 bits per heavy atom. The van der Waals surface area contributed by atoms with Crippen LogP contribution in [0.4, 0.5) is 28.8 Å². The summed E-state index contributed by atoms with van der Waals surface area (Å²) in [7, 11) is -1.41. The first kappa shape index (κ1) is 102. The third-order valence-electron chi connectivity index (χ3n) is 30.0. The molecule has 18 rings (SSSR count). The summed E-state index contributed by atoms with van der Waals surface area (Å²) >= 11 is 5.18. The lowest BCUT2D eigenvalue weighted by Gasteiger charge is -2.64. The standard InChI is InChI=1S/2C32H49BN2O6.C19H28BNO2.C13H22ClNO4.CH4.ClH/c2*1-21-12-14-22(15-13-21)17-27(33-40-26-19-23-18-25(31(23,5)6)32(26,7)41-33)34-28(36)38-20-24-11-9-8-10-16-35(24)29(37)39-30(2,3)4;1-12-5-7-13(8-6-12)9-17(21)20-22-16-11-14-10-15(18(14,2)3)19(16,4)23-20;1-13(2,3)19-12(17)15-8-6-4-5-7-10(15)9-18-11(14)16;;/h2*12-15,23-27H,8-11,16-20H2,1-7H3,(H,34,36);5-8,14-17H,9-11,21H2,1-4H3;10H,4-9H2,1-3H3;1H4;1H/t23-,24+,25-,26+,27-,32-;23-,24-,25-,26+,27-,32-;14-,15-,16+,17-,19-;;;/m000.../s1. The number of carbonyl (C=O) groups is 6. The molecule has 6 saturated heterocycles. The van der Waals surface area contributed by atoms with Gasteiger partial charge in [-0.05, 0) is 269 Å². The van der Waals surface area contributed by atoms with Crippen LogP contribution in [0.3, 0.4) is 0 Å². The lowest BCUT2D eigenvalue weighted by molar-refractivity contribution is -0.199. The van der Waals surface area contributed by atoms with Gasteiger partial charge in [-0.2, -0.15) is 0 Å². The Labute approximate surface area is 766 Å². The first-order valence-electron chi connectivity index (χ1n) is 46.7. The summed E-state index contributed by atoms with van der Waals surface area (Å²) in [5.41, 5.74) is 10.9. The van der Waals surface area contributed by atoms with Crippen molar-refractivity contribution in [2.75, 3.05) is 39.5 Å². The summed E-state index contributed by atoms with van der Waals surface area (Å²) in [6.45, 7) is 45.9. The molecule has 3 aromatic carbocycles. The van der Waals surface area contributed by atoms with Crippen molar-refractivity contribution in [2.24, 2.45) is 57.5 Å². The van der Waals surface area contributed by atoms with Gasteiger partial charge >= 0.3 is 57.2 Å². The third-order valence-corrected chi connectivity index (χ3v) is 30.1. The van der Waals surface area contributed by atoms with Crippen LogP contribution in [0.1, 0.15) is 281 Å². The first-order chi connectivity index (χ1) is 58.1. The van der Waals surface area contributed by atoms with E-state index in [1.54, 1.807) is 14.7 Å². The summed E-state index contributed by atoms with van der Waals surface area (Å²) in [5, 5.41) is 6.18. The average molecular weight is 1790 g/mol. The molecule has 18 atom stereocenters. The lowest BCUT2D eigenvalue weighted by atomic mass is 9.43. The van der Waals surface area contributed by atoms with E-state index >= 15 is 0 Å². The Morgan fingerprint density at radius 2 is 0.706 bits per heavy atom. The van der Waals surface area contributed by atoms with E-state index < -0.39 is 60.5 Å². The second-order valence-corrected chi connectivity index (χ2v) is 43.8. The van der Waals surface area contributed by atoms with Gasteiger partial charge in [0.2, 0.25) is 0 Å². The molecular weight excluding hydrogens is 1640 g/mol. The van der Waals surface area contributed by atoms with Crippen LogP contribution in [-0.4, -0.2) is 199 Å². The molecular formula is C97H153B3Cl2N6O18. The van der Waals surface area contributed by atoms with E-state index in [-0.39, 0.29) is 135 Å². The minimum atomic E-state index is -0.839. The van der Waals surface area contributed by atoms with Gasteiger partial charge < -0.3 is 87.4 Å². The number of nitrogens with zero attached hydrogens (tertiary/aromatic N) is 3. The number of ether oxygens (including phenoxy) is 6. The molecule has 15 fully saturated rings. The molecule has 3 aromatic rings. The number of halogens is 2. The number of carbonyl (C=O) groups excluding carboxylic acids is 6. The Balaban J connectivity index is 0.000000183. The molecule has 1 unspecified atom stereocenters. The quantitative estimate of drug-likeness (QED) is 0.0643. The lowest BCUT2D eigenvalue weighted by Crippen LogP contribution is -2.65. The molecule has 9 saturated carbocycles. The highest BCUT2D eigenvalue weighted by molar-refractivity contribution is 6.61. The van der Waals surface area contributed by atoms with E-state index in [2.05, 4.69) is 167 Å². The molecule has 9 aliphatic carbocycles. The molecule has 6 bridgehead atoms. The van der Waals surface area contributed by atoms with Gasteiger partial charge in [0.25, 0.3) is 0 Å². The molecule has 126 heavy (non-hydrogen) atoms. The predicted molar refractivity (Wildman–Crippen MR) is 496 cm³/mol. The summed E-state index contributed by atoms with van der Waals surface area (Å²) in [4.78, 5) is 80.4. The topological polar surface area (TPSA) is 273 Å². The van der Waals surface area contributed by atoms with Crippen LogP contribution in [0.25, 0.3) is 0 Å². The van der Waals surface area contributed by atoms with E-state index in [1.165, 1.54) is 41.5 Å². The number of hydrogen-bond donors (Lipinski definition) is 3. The summed E-state index contributed by atoms with van der Waals surface area (Å²) in [5.74, 6) is 2.60. The van der Waals surface area contributed by atoms with E-state index in [9.17, 15) is 28.8 Å². The van der Waals surface area contributed by atoms with Crippen LogP contribution in [0.15, 0.2) is 72.8 Å². The fraction of sp³-hybridized carbons (Fsp3) is 0.753. The minimum absolute atomic E-state index is 0. The molecule has 5 amide bonds. The van der Waals surface area contributed by atoms with Crippen molar-refractivity contribution in [3.63, 3.8) is 0 Å². The van der Waals surface area contributed by atoms with Crippen LogP contribution in [0.5, 0.6) is 0 Å². The zero-order chi connectivity index (χ0) is 90.0. The van der Waals surface area contributed by atoms with Crippen molar-refractivity contribution >= 4 is 81.3 Å². The van der Waals surface area contributed by atoms with Gasteiger partial charge in [0.05, 0.1) is 65.1 Å². The molecule has 6 heterocycles. The highest BCUT2D eigenvalue weighted by atomic mass is 35.5. The first-order valence-corrected chi connectivity index (χ1v) is 47.1. The summed E-state index contributed by atoms with van der Waals surface area (Å²) in [6, 6.07) is 24.7. The number of nitrogens with one attached hydrogen (secondary N) is 2. The largest absolute Gasteiger partial charge is 0.482 e. The van der Waals surface area contributed by atoms with Crippen molar-refractivity contribution in [3.8, 4) is 0 Å². The fourth-order valence-electron chi connectivity index (χ4n) is 22.3. The molecule has 29 heteroatoms. The molecule has 4 N–H and O–H groups in total. The van der Waals surface area contributed by atoms with Crippen molar-refractivity contribution < 1.29 is 85.1 Å². The van der Waals surface area contributed by atoms with Crippen molar-refractivity contribution in [1.82, 2.24) is 25.3 Å².